The highest BCUT2D eigenvalue weighted by Gasteiger charge is 2.16. The van der Waals surface area contributed by atoms with Gasteiger partial charge in [-0.05, 0) is 51.9 Å². The van der Waals surface area contributed by atoms with Crippen LogP contribution in [0.1, 0.15) is 26.3 Å². The van der Waals surface area contributed by atoms with Gasteiger partial charge >= 0.3 is 0 Å². The van der Waals surface area contributed by atoms with Crippen molar-refractivity contribution in [2.75, 3.05) is 13.8 Å². The van der Waals surface area contributed by atoms with Gasteiger partial charge < -0.3 is 20.5 Å². The van der Waals surface area contributed by atoms with Gasteiger partial charge in [0.2, 0.25) is 5.91 Å². The minimum atomic E-state index is -0.364. The Kier molecular flexibility index (Phi) is 5.98. The van der Waals surface area contributed by atoms with Crippen LogP contribution in [0.3, 0.4) is 0 Å². The van der Waals surface area contributed by atoms with Crippen molar-refractivity contribution >= 4 is 5.91 Å². The summed E-state index contributed by atoms with van der Waals surface area (Å²) in [4.78, 5) is 11.7. The molecule has 0 radical (unpaired) electrons. The van der Waals surface area contributed by atoms with Crippen molar-refractivity contribution in [2.45, 2.75) is 38.8 Å². The van der Waals surface area contributed by atoms with Gasteiger partial charge in [0.25, 0.3) is 0 Å². The van der Waals surface area contributed by atoms with E-state index in [2.05, 4.69) is 10.6 Å². The third kappa shape index (κ3) is 5.59. The molecule has 0 saturated carbocycles. The van der Waals surface area contributed by atoms with Crippen LogP contribution in [0.5, 0.6) is 5.75 Å². The number of carbonyl (C=O) groups excluding carboxylic acids is 1. The molecule has 0 saturated heterocycles. The van der Waals surface area contributed by atoms with Gasteiger partial charge in [-0.15, -0.1) is 0 Å². The molecule has 0 bridgehead atoms. The molecule has 0 aromatic heterocycles. The fourth-order valence-electron chi connectivity index (χ4n) is 1.81. The minimum absolute atomic E-state index is 0.218. The molecule has 1 atom stereocenters. The number of nitrogens with one attached hydrogen (secondary N) is 2. The van der Waals surface area contributed by atoms with Crippen LogP contribution >= 0.6 is 0 Å². The maximum atomic E-state index is 11.7. The van der Waals surface area contributed by atoms with Crippen LogP contribution in [-0.4, -0.2) is 36.4 Å². The molecule has 0 spiro atoms. The smallest absolute Gasteiger partial charge is 0.239 e. The summed E-state index contributed by atoms with van der Waals surface area (Å²) in [5.41, 5.74) is 0.800. The number of hydrogen-bond acceptors (Lipinski definition) is 4. The molecule has 0 fully saturated rings. The highest BCUT2D eigenvalue weighted by Crippen LogP contribution is 2.19. The van der Waals surface area contributed by atoms with Crippen LogP contribution in [0.15, 0.2) is 24.3 Å². The molecule has 1 amide bonds. The van der Waals surface area contributed by atoms with Crippen molar-refractivity contribution in [3.63, 3.8) is 0 Å². The predicted octanol–water partition coefficient (Wildman–Crippen LogP) is 1.06. The number of likely N-dealkylation sites (N-methyl/N-ethyl adjacent to an activating group) is 1. The van der Waals surface area contributed by atoms with E-state index in [1.165, 1.54) is 0 Å². The number of benzene rings is 1. The fraction of sp³-hybridized carbons (Fsp3) is 0.533. The first-order valence-electron chi connectivity index (χ1n) is 6.69. The standard InChI is InChI=1S/C15H24N2O3/c1-15(2,3)20-12-7-5-11(6-8-12)9-13(16-4)14(19)17-10-18/h5-8,13,16,18H,9-10H2,1-4H3,(H,17,19)/t13-/m0/s1. The van der Waals surface area contributed by atoms with E-state index in [-0.39, 0.29) is 24.3 Å². The summed E-state index contributed by atoms with van der Waals surface area (Å²) < 4.78 is 5.75. The maximum absolute atomic E-state index is 11.7. The number of aliphatic hydroxyl groups excluding tert-OH is 1. The van der Waals surface area contributed by atoms with Gasteiger partial charge in [0.1, 0.15) is 18.1 Å². The molecule has 20 heavy (non-hydrogen) atoms. The molecule has 1 rings (SSSR count). The van der Waals surface area contributed by atoms with Crippen molar-refractivity contribution in [1.82, 2.24) is 10.6 Å². The molecule has 3 N–H and O–H groups in total. The van der Waals surface area contributed by atoms with Crippen molar-refractivity contribution < 1.29 is 14.6 Å². The molecule has 0 unspecified atom stereocenters. The van der Waals surface area contributed by atoms with E-state index >= 15 is 0 Å². The van der Waals surface area contributed by atoms with E-state index in [0.29, 0.717) is 6.42 Å². The summed E-state index contributed by atoms with van der Waals surface area (Å²) in [7, 11) is 1.72. The summed E-state index contributed by atoms with van der Waals surface area (Å²) in [5.74, 6) is 0.590. The van der Waals surface area contributed by atoms with Crippen LogP contribution < -0.4 is 15.4 Å². The Morgan fingerprint density at radius 2 is 1.90 bits per heavy atom. The van der Waals surface area contributed by atoms with Crippen molar-refractivity contribution in [2.24, 2.45) is 0 Å². The van der Waals surface area contributed by atoms with Crippen molar-refractivity contribution in [3.8, 4) is 5.75 Å². The normalized spacial score (nSPS) is 12.8. The fourth-order valence-corrected chi connectivity index (χ4v) is 1.81. The van der Waals surface area contributed by atoms with Gasteiger partial charge in [-0.25, -0.2) is 0 Å². The second-order valence-electron chi connectivity index (χ2n) is 5.60. The Morgan fingerprint density at radius 1 is 1.30 bits per heavy atom. The zero-order valence-corrected chi connectivity index (χ0v) is 12.6. The molecule has 0 heterocycles. The minimum Gasteiger partial charge on any atom is -0.488 e. The third-order valence-corrected chi connectivity index (χ3v) is 2.71. The molecule has 5 heteroatoms. The molecule has 1 aromatic carbocycles. The number of amides is 1. The molecule has 0 aliphatic heterocycles. The quantitative estimate of drug-likeness (QED) is 0.682. The van der Waals surface area contributed by atoms with E-state index < -0.39 is 0 Å². The summed E-state index contributed by atoms with van der Waals surface area (Å²) in [5, 5.41) is 14.0. The van der Waals surface area contributed by atoms with Gasteiger partial charge in [0.15, 0.2) is 0 Å². The SMILES string of the molecule is CN[C@@H](Cc1ccc(OC(C)(C)C)cc1)C(=O)NCO. The van der Waals surface area contributed by atoms with E-state index in [1.54, 1.807) is 7.05 Å². The predicted molar refractivity (Wildman–Crippen MR) is 78.6 cm³/mol. The molecule has 0 aliphatic carbocycles. The highest BCUT2D eigenvalue weighted by atomic mass is 16.5. The number of carbonyl (C=O) groups is 1. The van der Waals surface area contributed by atoms with Crippen LogP contribution in [0.2, 0.25) is 0 Å². The Labute approximate surface area is 120 Å². The second-order valence-corrected chi connectivity index (χ2v) is 5.60. The number of hydrogen-bond donors (Lipinski definition) is 3. The Morgan fingerprint density at radius 3 is 2.35 bits per heavy atom. The Balaban J connectivity index is 2.66. The van der Waals surface area contributed by atoms with E-state index in [4.69, 9.17) is 9.84 Å². The lowest BCUT2D eigenvalue weighted by atomic mass is 10.1. The van der Waals surface area contributed by atoms with Crippen LogP contribution in [0.4, 0.5) is 0 Å². The zero-order chi connectivity index (χ0) is 15.2. The summed E-state index contributed by atoms with van der Waals surface area (Å²) in [6.07, 6.45) is 0.554. The number of rotatable bonds is 6. The zero-order valence-electron chi connectivity index (χ0n) is 12.6. The maximum Gasteiger partial charge on any atom is 0.239 e. The van der Waals surface area contributed by atoms with Crippen LogP contribution in [-0.2, 0) is 11.2 Å². The molecular formula is C15H24N2O3. The largest absolute Gasteiger partial charge is 0.488 e. The van der Waals surface area contributed by atoms with E-state index in [9.17, 15) is 4.79 Å². The summed E-state index contributed by atoms with van der Waals surface area (Å²) in [6, 6.07) is 7.32. The first kappa shape index (κ1) is 16.5. The summed E-state index contributed by atoms with van der Waals surface area (Å²) >= 11 is 0. The Bertz CT molecular complexity index is 424. The molecule has 1 aromatic rings. The van der Waals surface area contributed by atoms with Crippen LogP contribution in [0, 0.1) is 0 Å². The number of aliphatic hydroxyl groups is 1. The van der Waals surface area contributed by atoms with Crippen molar-refractivity contribution in [3.05, 3.63) is 29.8 Å². The molecule has 0 aliphatic rings. The van der Waals surface area contributed by atoms with Gasteiger partial charge in [0.05, 0.1) is 6.04 Å². The third-order valence-electron chi connectivity index (χ3n) is 2.71. The first-order chi connectivity index (χ1) is 9.35. The monoisotopic (exact) mass is 280 g/mol. The van der Waals surface area contributed by atoms with Gasteiger partial charge in [-0.3, -0.25) is 4.79 Å². The van der Waals surface area contributed by atoms with Gasteiger partial charge in [0, 0.05) is 0 Å². The topological polar surface area (TPSA) is 70.6 Å². The van der Waals surface area contributed by atoms with Crippen molar-refractivity contribution in [1.29, 1.82) is 0 Å². The second kappa shape index (κ2) is 7.26. The van der Waals surface area contributed by atoms with E-state index in [0.717, 1.165) is 11.3 Å². The van der Waals surface area contributed by atoms with E-state index in [1.807, 2.05) is 45.0 Å². The lowest BCUT2D eigenvalue weighted by Crippen LogP contribution is -2.44. The lowest BCUT2D eigenvalue weighted by molar-refractivity contribution is -0.124. The molecular weight excluding hydrogens is 256 g/mol. The molecule has 112 valence electrons. The average molecular weight is 280 g/mol. The summed E-state index contributed by atoms with van der Waals surface area (Å²) in [6.45, 7) is 5.64. The highest BCUT2D eigenvalue weighted by molar-refractivity contribution is 5.81. The van der Waals surface area contributed by atoms with Crippen LogP contribution in [0.25, 0.3) is 0 Å². The Hall–Kier alpha value is -1.59. The van der Waals surface area contributed by atoms with Gasteiger partial charge in [-0.1, -0.05) is 12.1 Å². The lowest BCUT2D eigenvalue weighted by Gasteiger charge is -2.21. The first-order valence-corrected chi connectivity index (χ1v) is 6.69. The number of ether oxygens (including phenoxy) is 1. The average Bonchev–Trinajstić information content (AvgIpc) is 2.36. The molecule has 5 nitrogen and oxygen atoms in total. The van der Waals surface area contributed by atoms with Gasteiger partial charge in [-0.2, -0.15) is 0 Å².